The molecule has 1 saturated carbocycles. The zero-order chi connectivity index (χ0) is 19.3. The summed E-state index contributed by atoms with van der Waals surface area (Å²) >= 11 is 1.24. The van der Waals surface area contributed by atoms with Crippen LogP contribution in [-0.4, -0.2) is 37.4 Å². The highest BCUT2D eigenvalue weighted by Gasteiger charge is 2.45. The van der Waals surface area contributed by atoms with Crippen molar-refractivity contribution in [1.82, 2.24) is 14.8 Å². The molecule has 2 aliphatic rings. The Morgan fingerprint density at radius 3 is 2.70 bits per heavy atom. The van der Waals surface area contributed by atoms with E-state index in [1.165, 1.54) is 11.8 Å². The normalized spacial score (nSPS) is 19.4. The van der Waals surface area contributed by atoms with Crippen LogP contribution < -0.4 is 15.9 Å². The summed E-state index contributed by atoms with van der Waals surface area (Å²) < 4.78 is 1.62. The number of fused-ring (bicyclic) bond motifs is 1. The molecule has 142 valence electrons. The van der Waals surface area contributed by atoms with E-state index in [4.69, 9.17) is 0 Å². The summed E-state index contributed by atoms with van der Waals surface area (Å²) in [5, 5.41) is 9.40. The van der Waals surface area contributed by atoms with E-state index in [0.29, 0.717) is 16.5 Å². The Morgan fingerprint density at radius 2 is 2.00 bits per heavy atom. The van der Waals surface area contributed by atoms with Gasteiger partial charge in [0, 0.05) is 6.04 Å². The molecule has 1 fully saturated rings. The number of aromatic amines is 1. The SMILES string of the molecule is C[C@H](Sc1n[nH]c(=O)n1C1CC1)C(=O)N1c2ccccc2NC(=O)C1(C)C. The molecule has 1 atom stereocenters. The molecule has 1 aromatic carbocycles. The molecule has 1 aliphatic carbocycles. The maximum absolute atomic E-state index is 13.3. The lowest BCUT2D eigenvalue weighted by Gasteiger charge is -2.43. The molecule has 2 N–H and O–H groups in total. The molecule has 27 heavy (non-hydrogen) atoms. The molecule has 0 unspecified atom stereocenters. The Morgan fingerprint density at radius 1 is 1.30 bits per heavy atom. The van der Waals surface area contributed by atoms with Crippen molar-refractivity contribution in [3.8, 4) is 0 Å². The molecule has 4 rings (SSSR count). The van der Waals surface area contributed by atoms with Gasteiger partial charge in [0.2, 0.25) is 11.8 Å². The van der Waals surface area contributed by atoms with Crippen molar-refractivity contribution < 1.29 is 9.59 Å². The number of benzene rings is 1. The van der Waals surface area contributed by atoms with E-state index >= 15 is 0 Å². The zero-order valence-corrected chi connectivity index (χ0v) is 16.2. The molecule has 0 bridgehead atoms. The molecule has 0 spiro atoms. The number of aromatic nitrogens is 3. The van der Waals surface area contributed by atoms with Crippen molar-refractivity contribution in [2.75, 3.05) is 10.2 Å². The number of hydrogen-bond donors (Lipinski definition) is 2. The van der Waals surface area contributed by atoms with Crippen molar-refractivity contribution in [1.29, 1.82) is 0 Å². The van der Waals surface area contributed by atoms with Crippen LogP contribution in [0.1, 0.15) is 39.7 Å². The fourth-order valence-corrected chi connectivity index (χ4v) is 4.23. The topological polar surface area (TPSA) is 100 Å². The number of para-hydroxylation sites is 2. The van der Waals surface area contributed by atoms with Crippen molar-refractivity contribution in [3.63, 3.8) is 0 Å². The summed E-state index contributed by atoms with van der Waals surface area (Å²) in [4.78, 5) is 39.4. The Bertz CT molecular complexity index is 975. The number of rotatable bonds is 4. The lowest BCUT2D eigenvalue weighted by atomic mass is 9.96. The number of anilines is 2. The molecule has 9 heteroatoms. The van der Waals surface area contributed by atoms with Crippen LogP contribution in [-0.2, 0) is 9.59 Å². The number of nitrogens with one attached hydrogen (secondary N) is 2. The van der Waals surface area contributed by atoms with Gasteiger partial charge >= 0.3 is 5.69 Å². The second-order valence-corrected chi connectivity index (χ2v) is 8.68. The van der Waals surface area contributed by atoms with Gasteiger partial charge in [0.25, 0.3) is 0 Å². The van der Waals surface area contributed by atoms with E-state index in [0.717, 1.165) is 12.8 Å². The van der Waals surface area contributed by atoms with Crippen molar-refractivity contribution in [3.05, 3.63) is 34.7 Å². The van der Waals surface area contributed by atoms with Gasteiger partial charge in [-0.1, -0.05) is 23.9 Å². The van der Waals surface area contributed by atoms with Crippen LogP contribution in [0.15, 0.2) is 34.2 Å². The Hall–Kier alpha value is -2.55. The Balaban J connectivity index is 1.65. The third-order valence-corrected chi connectivity index (χ3v) is 6.00. The average Bonchev–Trinajstić information content (AvgIpc) is 3.39. The van der Waals surface area contributed by atoms with Crippen molar-refractivity contribution >= 4 is 35.0 Å². The van der Waals surface area contributed by atoms with Gasteiger partial charge in [0.15, 0.2) is 5.16 Å². The van der Waals surface area contributed by atoms with Crippen LogP contribution in [0.5, 0.6) is 0 Å². The third-order valence-electron chi connectivity index (χ3n) is 4.94. The molecule has 2 aromatic rings. The first-order valence-corrected chi connectivity index (χ1v) is 9.77. The van der Waals surface area contributed by atoms with Crippen LogP contribution in [0.3, 0.4) is 0 Å². The van der Waals surface area contributed by atoms with E-state index in [2.05, 4.69) is 15.5 Å². The van der Waals surface area contributed by atoms with Crippen molar-refractivity contribution in [2.24, 2.45) is 0 Å². The summed E-state index contributed by atoms with van der Waals surface area (Å²) in [6, 6.07) is 7.41. The quantitative estimate of drug-likeness (QED) is 0.783. The summed E-state index contributed by atoms with van der Waals surface area (Å²) in [7, 11) is 0. The van der Waals surface area contributed by atoms with Crippen LogP contribution >= 0.6 is 11.8 Å². The highest BCUT2D eigenvalue weighted by molar-refractivity contribution is 8.00. The van der Waals surface area contributed by atoms with Gasteiger partial charge in [-0.25, -0.2) is 9.89 Å². The molecule has 0 radical (unpaired) electrons. The minimum absolute atomic E-state index is 0.166. The third kappa shape index (κ3) is 2.95. The van der Waals surface area contributed by atoms with Gasteiger partial charge in [-0.3, -0.25) is 19.1 Å². The first-order chi connectivity index (χ1) is 12.8. The number of nitrogens with zero attached hydrogens (tertiary/aromatic N) is 3. The minimum atomic E-state index is -1.03. The van der Waals surface area contributed by atoms with Gasteiger partial charge in [0.05, 0.1) is 16.6 Å². The zero-order valence-electron chi connectivity index (χ0n) is 15.4. The van der Waals surface area contributed by atoms with Crippen molar-refractivity contribution in [2.45, 2.75) is 55.6 Å². The van der Waals surface area contributed by atoms with E-state index in [1.54, 1.807) is 36.3 Å². The fraction of sp³-hybridized carbons (Fsp3) is 0.444. The number of amides is 2. The molecule has 1 aliphatic heterocycles. The maximum atomic E-state index is 13.3. The van der Waals surface area contributed by atoms with E-state index < -0.39 is 10.8 Å². The molecule has 0 saturated heterocycles. The van der Waals surface area contributed by atoms with Crippen LogP contribution in [0.2, 0.25) is 0 Å². The number of hydrogen-bond acceptors (Lipinski definition) is 5. The molecular formula is C18H21N5O3S. The van der Waals surface area contributed by atoms with Gasteiger partial charge in [0.1, 0.15) is 5.54 Å². The predicted octanol–water partition coefficient (Wildman–Crippen LogP) is 2.15. The van der Waals surface area contributed by atoms with E-state index in [9.17, 15) is 14.4 Å². The van der Waals surface area contributed by atoms with Gasteiger partial charge < -0.3 is 5.32 Å². The second-order valence-electron chi connectivity index (χ2n) is 7.38. The molecule has 2 heterocycles. The Kier molecular flexibility index (Phi) is 4.14. The van der Waals surface area contributed by atoms with Crippen LogP contribution in [0, 0.1) is 0 Å². The number of H-pyrrole nitrogens is 1. The van der Waals surface area contributed by atoms with Gasteiger partial charge in [-0.2, -0.15) is 0 Å². The minimum Gasteiger partial charge on any atom is -0.322 e. The number of carbonyl (C=O) groups excluding carboxylic acids is 2. The highest BCUT2D eigenvalue weighted by atomic mass is 32.2. The maximum Gasteiger partial charge on any atom is 0.344 e. The molecular weight excluding hydrogens is 366 g/mol. The highest BCUT2D eigenvalue weighted by Crippen LogP contribution is 2.40. The summed E-state index contributed by atoms with van der Waals surface area (Å²) in [5.41, 5.74) is 0.00741. The van der Waals surface area contributed by atoms with E-state index in [-0.39, 0.29) is 23.5 Å². The first-order valence-electron chi connectivity index (χ1n) is 8.89. The lowest BCUT2D eigenvalue weighted by Crippen LogP contribution is -2.60. The molecule has 1 aromatic heterocycles. The summed E-state index contributed by atoms with van der Waals surface area (Å²) in [6.07, 6.45) is 1.89. The Labute approximate surface area is 160 Å². The largest absolute Gasteiger partial charge is 0.344 e. The van der Waals surface area contributed by atoms with Crippen LogP contribution in [0.25, 0.3) is 0 Å². The standard InChI is InChI=1S/C18H21N5O3S/c1-10(27-17-21-20-16(26)22(17)11-8-9-11)14(24)23-13-7-5-4-6-12(13)19-15(25)18(23,2)3/h4-7,10-11H,8-9H2,1-3H3,(H,19,25)(H,20,26)/t10-/m0/s1. The van der Waals surface area contributed by atoms with Gasteiger partial charge in [-0.15, -0.1) is 5.10 Å². The predicted molar refractivity (Wildman–Crippen MR) is 103 cm³/mol. The molecule has 8 nitrogen and oxygen atoms in total. The van der Waals surface area contributed by atoms with Crippen LogP contribution in [0.4, 0.5) is 11.4 Å². The monoisotopic (exact) mass is 387 g/mol. The average molecular weight is 387 g/mol. The fourth-order valence-electron chi connectivity index (χ4n) is 3.26. The smallest absolute Gasteiger partial charge is 0.322 e. The summed E-state index contributed by atoms with van der Waals surface area (Å²) in [6.45, 7) is 5.22. The number of carbonyl (C=O) groups is 2. The number of thioether (sulfide) groups is 1. The van der Waals surface area contributed by atoms with E-state index in [1.807, 2.05) is 18.2 Å². The lowest BCUT2D eigenvalue weighted by molar-refractivity contribution is -0.126. The first kappa shape index (κ1) is 17.8. The second kappa shape index (κ2) is 6.26. The summed E-state index contributed by atoms with van der Waals surface area (Å²) in [5.74, 6) is -0.438. The molecule has 2 amide bonds. The van der Waals surface area contributed by atoms with Gasteiger partial charge in [-0.05, 0) is 45.7 Å².